The maximum atomic E-state index is 12.7. The van der Waals surface area contributed by atoms with Crippen molar-refractivity contribution >= 4 is 15.8 Å². The lowest BCUT2D eigenvalue weighted by Crippen LogP contribution is -2.22. The van der Waals surface area contributed by atoms with Gasteiger partial charge in [-0.05, 0) is 26.0 Å². The van der Waals surface area contributed by atoms with Crippen molar-refractivity contribution in [2.24, 2.45) is 0 Å². The Morgan fingerprint density at radius 2 is 2.18 bits per heavy atom. The molecule has 0 saturated carbocycles. The summed E-state index contributed by atoms with van der Waals surface area (Å²) < 4.78 is 43.1. The minimum atomic E-state index is -3.55. The van der Waals surface area contributed by atoms with Gasteiger partial charge in [0.25, 0.3) is 0 Å². The molecule has 0 saturated heterocycles. The molecule has 5 nitrogen and oxygen atoms in total. The summed E-state index contributed by atoms with van der Waals surface area (Å²) in [6.45, 7) is 3.71. The lowest BCUT2D eigenvalue weighted by Gasteiger charge is -2.09. The fourth-order valence-corrected chi connectivity index (χ4v) is 1.92. The van der Waals surface area contributed by atoms with Gasteiger partial charge in [0.1, 0.15) is 5.82 Å². The molecule has 1 aromatic heterocycles. The predicted molar refractivity (Wildman–Crippen MR) is 62.7 cm³/mol. The number of anilines is 1. The number of sulfonamides is 1. The Kier molecular flexibility index (Phi) is 4.83. The van der Waals surface area contributed by atoms with E-state index in [0.29, 0.717) is 0 Å². The molecule has 1 heterocycles. The molecule has 0 aliphatic rings. The van der Waals surface area contributed by atoms with E-state index < -0.39 is 16.0 Å². The molecular formula is C10H15FN2O3S. The largest absolute Gasteiger partial charge is 0.378 e. The molecule has 1 N–H and O–H groups in total. The second-order valence-corrected chi connectivity index (χ2v) is 5.53. The van der Waals surface area contributed by atoms with Crippen molar-refractivity contribution in [2.75, 3.05) is 17.1 Å². The minimum absolute atomic E-state index is 0.0301. The molecule has 0 radical (unpaired) electrons. The van der Waals surface area contributed by atoms with Gasteiger partial charge in [0.2, 0.25) is 16.0 Å². The maximum absolute atomic E-state index is 12.7. The Morgan fingerprint density at radius 3 is 2.76 bits per heavy atom. The van der Waals surface area contributed by atoms with Crippen LogP contribution in [0, 0.1) is 5.95 Å². The first-order valence-electron chi connectivity index (χ1n) is 5.14. The minimum Gasteiger partial charge on any atom is -0.378 e. The topological polar surface area (TPSA) is 68.3 Å². The second kappa shape index (κ2) is 5.92. The van der Waals surface area contributed by atoms with Crippen LogP contribution < -0.4 is 4.72 Å². The molecule has 96 valence electrons. The van der Waals surface area contributed by atoms with E-state index in [0.717, 1.165) is 6.07 Å². The van der Waals surface area contributed by atoms with Crippen LogP contribution >= 0.6 is 0 Å². The van der Waals surface area contributed by atoms with Crippen molar-refractivity contribution in [1.29, 1.82) is 0 Å². The molecule has 0 atom stereocenters. The number of aromatic nitrogens is 1. The Balaban J connectivity index is 2.55. The number of nitrogens with zero attached hydrogens (tertiary/aromatic N) is 1. The van der Waals surface area contributed by atoms with Gasteiger partial charge >= 0.3 is 0 Å². The van der Waals surface area contributed by atoms with Gasteiger partial charge in [-0.2, -0.15) is 4.39 Å². The molecule has 17 heavy (non-hydrogen) atoms. The fourth-order valence-electron chi connectivity index (χ4n) is 1.07. The molecule has 7 heteroatoms. The van der Waals surface area contributed by atoms with Crippen LogP contribution in [-0.4, -0.2) is 31.9 Å². The third-order valence-electron chi connectivity index (χ3n) is 1.78. The van der Waals surface area contributed by atoms with Crippen LogP contribution in [0.2, 0.25) is 0 Å². The van der Waals surface area contributed by atoms with Gasteiger partial charge in [-0.15, -0.1) is 0 Å². The number of hydrogen-bond donors (Lipinski definition) is 1. The van der Waals surface area contributed by atoms with E-state index in [1.165, 1.54) is 12.1 Å². The van der Waals surface area contributed by atoms with Crippen LogP contribution in [0.1, 0.15) is 13.8 Å². The summed E-state index contributed by atoms with van der Waals surface area (Å²) in [5, 5.41) is 0. The van der Waals surface area contributed by atoms with E-state index in [-0.39, 0.29) is 24.3 Å². The molecule has 0 amide bonds. The van der Waals surface area contributed by atoms with Crippen molar-refractivity contribution in [2.45, 2.75) is 20.0 Å². The lowest BCUT2D eigenvalue weighted by atomic mass is 10.5. The summed E-state index contributed by atoms with van der Waals surface area (Å²) in [6.07, 6.45) is -0.0301. The summed E-state index contributed by atoms with van der Waals surface area (Å²) in [5.41, 5.74) is 0. The molecule has 0 bridgehead atoms. The highest BCUT2D eigenvalue weighted by molar-refractivity contribution is 7.92. The third-order valence-corrected chi connectivity index (χ3v) is 3.00. The number of nitrogens with one attached hydrogen (secondary N) is 1. The maximum Gasteiger partial charge on any atom is 0.236 e. The molecule has 0 spiro atoms. The number of halogens is 1. The van der Waals surface area contributed by atoms with Crippen LogP contribution in [0.3, 0.4) is 0 Å². The fraction of sp³-hybridized carbons (Fsp3) is 0.500. The molecule has 1 rings (SSSR count). The Hall–Kier alpha value is -1.21. The highest BCUT2D eigenvalue weighted by atomic mass is 32.2. The molecule has 0 fully saturated rings. The van der Waals surface area contributed by atoms with E-state index in [9.17, 15) is 12.8 Å². The van der Waals surface area contributed by atoms with Crippen molar-refractivity contribution in [1.82, 2.24) is 4.98 Å². The number of hydrogen-bond acceptors (Lipinski definition) is 4. The Morgan fingerprint density at radius 1 is 1.47 bits per heavy atom. The summed E-state index contributed by atoms with van der Waals surface area (Å²) in [6, 6.07) is 3.90. The van der Waals surface area contributed by atoms with Crippen LogP contribution in [0.5, 0.6) is 0 Å². The van der Waals surface area contributed by atoms with Crippen molar-refractivity contribution in [3.63, 3.8) is 0 Å². The summed E-state index contributed by atoms with van der Waals surface area (Å²) in [4.78, 5) is 3.40. The Labute approximate surface area is 100 Å². The SMILES string of the molecule is CC(C)OCCS(=O)(=O)Nc1cccc(F)n1. The van der Waals surface area contributed by atoms with Crippen molar-refractivity contribution < 1.29 is 17.5 Å². The molecule has 0 aromatic carbocycles. The highest BCUT2D eigenvalue weighted by Crippen LogP contribution is 2.06. The zero-order valence-corrected chi connectivity index (χ0v) is 10.5. The van der Waals surface area contributed by atoms with E-state index in [1.807, 2.05) is 13.8 Å². The van der Waals surface area contributed by atoms with Crippen molar-refractivity contribution in [3.05, 3.63) is 24.1 Å². The van der Waals surface area contributed by atoms with Gasteiger partial charge in [-0.3, -0.25) is 4.72 Å². The van der Waals surface area contributed by atoms with Gasteiger partial charge in [0.05, 0.1) is 18.5 Å². The first-order chi connectivity index (χ1) is 7.89. The molecule has 0 unspecified atom stereocenters. The average molecular weight is 262 g/mol. The molecular weight excluding hydrogens is 247 g/mol. The molecule has 0 aliphatic heterocycles. The molecule has 1 aromatic rings. The third kappa shape index (κ3) is 5.60. The number of rotatable bonds is 6. The van der Waals surface area contributed by atoms with Gasteiger partial charge in [-0.1, -0.05) is 6.07 Å². The standard InChI is InChI=1S/C10H15FN2O3S/c1-8(2)16-6-7-17(14,15)13-10-5-3-4-9(11)12-10/h3-5,8H,6-7H2,1-2H3,(H,12,13). The summed E-state index contributed by atoms with van der Waals surface area (Å²) >= 11 is 0. The van der Waals surface area contributed by atoms with Crippen molar-refractivity contribution in [3.8, 4) is 0 Å². The monoisotopic (exact) mass is 262 g/mol. The number of pyridine rings is 1. The van der Waals surface area contributed by atoms with E-state index >= 15 is 0 Å². The van der Waals surface area contributed by atoms with E-state index in [1.54, 1.807) is 0 Å². The van der Waals surface area contributed by atoms with Gasteiger partial charge < -0.3 is 4.74 Å². The van der Waals surface area contributed by atoms with Gasteiger partial charge in [0.15, 0.2) is 0 Å². The van der Waals surface area contributed by atoms with Gasteiger partial charge in [0, 0.05) is 0 Å². The zero-order chi connectivity index (χ0) is 12.9. The quantitative estimate of drug-likeness (QED) is 0.787. The van der Waals surface area contributed by atoms with Gasteiger partial charge in [-0.25, -0.2) is 13.4 Å². The highest BCUT2D eigenvalue weighted by Gasteiger charge is 2.11. The predicted octanol–water partition coefficient (Wildman–Crippen LogP) is 1.39. The summed E-state index contributed by atoms with van der Waals surface area (Å²) in [5.74, 6) is -0.957. The smallest absolute Gasteiger partial charge is 0.236 e. The normalized spacial score (nSPS) is 11.8. The molecule has 0 aliphatic carbocycles. The average Bonchev–Trinajstić information content (AvgIpc) is 2.15. The van der Waals surface area contributed by atoms with Crippen LogP contribution in [0.4, 0.5) is 10.2 Å². The Bertz CT molecular complexity index is 462. The zero-order valence-electron chi connectivity index (χ0n) is 9.68. The van der Waals surface area contributed by atoms with Crippen LogP contribution in [0.25, 0.3) is 0 Å². The first-order valence-corrected chi connectivity index (χ1v) is 6.79. The number of ether oxygens (including phenoxy) is 1. The van der Waals surface area contributed by atoms with E-state index in [2.05, 4.69) is 9.71 Å². The van der Waals surface area contributed by atoms with E-state index in [4.69, 9.17) is 4.74 Å². The van der Waals surface area contributed by atoms with Crippen LogP contribution in [0.15, 0.2) is 18.2 Å². The second-order valence-electron chi connectivity index (χ2n) is 3.69. The summed E-state index contributed by atoms with van der Waals surface area (Å²) in [7, 11) is -3.55. The lowest BCUT2D eigenvalue weighted by molar-refractivity contribution is 0.0913. The van der Waals surface area contributed by atoms with Crippen LogP contribution in [-0.2, 0) is 14.8 Å². The first kappa shape index (κ1) is 13.9.